The van der Waals surface area contributed by atoms with Crippen LogP contribution in [0.15, 0.2) is 9.66 Å². The van der Waals surface area contributed by atoms with Gasteiger partial charge in [0, 0.05) is 3.58 Å². The van der Waals surface area contributed by atoms with Crippen LogP contribution in [0.1, 0.15) is 6.42 Å². The molecular weight excluding hydrogens is 269 g/mol. The van der Waals surface area contributed by atoms with Crippen molar-refractivity contribution in [3.05, 3.63) is 9.66 Å². The summed E-state index contributed by atoms with van der Waals surface area (Å²) in [7, 11) is 0. The molecule has 1 aliphatic carbocycles. The smallest absolute Gasteiger partial charge is 0.314 e. The molecule has 0 spiro atoms. The van der Waals surface area contributed by atoms with Gasteiger partial charge >= 0.3 is 5.97 Å². The molecule has 0 unspecified atom stereocenters. The van der Waals surface area contributed by atoms with Gasteiger partial charge < -0.3 is 4.74 Å². The molecule has 3 nitrogen and oxygen atoms in total. The van der Waals surface area contributed by atoms with Crippen LogP contribution in [0.3, 0.4) is 0 Å². The molecule has 0 N–H and O–H groups in total. The van der Waals surface area contributed by atoms with Crippen LogP contribution < -0.4 is 0 Å². The zero-order chi connectivity index (χ0) is 8.72. The maximum atomic E-state index is 11.2. The van der Waals surface area contributed by atoms with Gasteiger partial charge in [0.05, 0.1) is 17.9 Å². The minimum Gasteiger partial charge on any atom is -0.456 e. The molecule has 1 fully saturated rings. The van der Waals surface area contributed by atoms with Crippen LogP contribution in [0, 0.1) is 23.2 Å². The quantitative estimate of drug-likeness (QED) is 0.496. The van der Waals surface area contributed by atoms with Crippen molar-refractivity contribution in [1.82, 2.24) is 0 Å². The van der Waals surface area contributed by atoms with Gasteiger partial charge in [-0.2, -0.15) is 5.26 Å². The maximum Gasteiger partial charge on any atom is 0.314 e. The maximum absolute atomic E-state index is 11.2. The lowest BCUT2D eigenvalue weighted by Crippen LogP contribution is -2.41. The number of nitriles is 1. The van der Waals surface area contributed by atoms with Crippen molar-refractivity contribution in [2.75, 3.05) is 0 Å². The van der Waals surface area contributed by atoms with Crippen molar-refractivity contribution in [1.29, 1.82) is 5.26 Å². The third-order valence-electron chi connectivity index (χ3n) is 2.25. The molecule has 0 amide bonds. The van der Waals surface area contributed by atoms with Gasteiger partial charge in [-0.1, -0.05) is 0 Å². The molecule has 0 aromatic heterocycles. The summed E-state index contributed by atoms with van der Waals surface area (Å²) in [5, 5.41) is 8.71. The Balaban J connectivity index is 2.34. The number of fused-ring (bicyclic) bond motifs is 2. The first kappa shape index (κ1) is 8.05. The van der Waals surface area contributed by atoms with Gasteiger partial charge in [-0.3, -0.25) is 4.79 Å². The van der Waals surface area contributed by atoms with Gasteiger partial charge in [0.1, 0.15) is 6.10 Å². The van der Waals surface area contributed by atoms with E-state index in [0.717, 1.165) is 3.58 Å². The number of esters is 1. The topological polar surface area (TPSA) is 50.1 Å². The van der Waals surface area contributed by atoms with E-state index in [-0.39, 0.29) is 23.9 Å². The summed E-state index contributed by atoms with van der Waals surface area (Å²) in [5.74, 6) is -0.468. The molecule has 0 saturated carbocycles. The highest BCUT2D eigenvalue weighted by molar-refractivity contribution is 14.1. The Morgan fingerprint density at radius 3 is 3.00 bits per heavy atom. The molecule has 1 saturated heterocycles. The second kappa shape index (κ2) is 2.73. The lowest BCUT2D eigenvalue weighted by Gasteiger charge is -2.35. The van der Waals surface area contributed by atoms with Gasteiger partial charge in [-0.15, -0.1) is 0 Å². The number of carbonyl (C=O) groups excluding carboxylic acids is 1. The molecule has 2 heterocycles. The summed E-state index contributed by atoms with van der Waals surface area (Å²) in [6, 6.07) is 2.15. The van der Waals surface area contributed by atoms with Crippen LogP contribution in [0.25, 0.3) is 0 Å². The molecule has 3 rings (SSSR count). The van der Waals surface area contributed by atoms with Crippen molar-refractivity contribution in [3.8, 4) is 6.07 Å². The highest BCUT2D eigenvalue weighted by Gasteiger charge is 2.42. The standard InChI is InChI=1S/C8H6INO2/c9-6-2-7-4(3-10)1-5(6)8(11)12-7/h2,4-5,7H,1H2/t4-,5-,7-/m1/s1. The molecule has 0 radical (unpaired) electrons. The zero-order valence-electron chi connectivity index (χ0n) is 6.16. The van der Waals surface area contributed by atoms with E-state index in [1.807, 2.05) is 6.08 Å². The summed E-state index contributed by atoms with van der Waals surface area (Å²) in [4.78, 5) is 11.2. The fourth-order valence-electron chi connectivity index (χ4n) is 1.56. The van der Waals surface area contributed by atoms with Crippen molar-refractivity contribution >= 4 is 28.6 Å². The minimum atomic E-state index is -0.292. The SMILES string of the molecule is N#C[C@H]1C[C@H]2C(=O)O[C@@H]1C=C2I. The minimum absolute atomic E-state index is 0.133. The van der Waals surface area contributed by atoms with E-state index < -0.39 is 0 Å². The van der Waals surface area contributed by atoms with E-state index in [4.69, 9.17) is 10.00 Å². The molecule has 4 heteroatoms. The van der Waals surface area contributed by atoms with Gasteiger partial charge in [-0.25, -0.2) is 0 Å². The van der Waals surface area contributed by atoms with Gasteiger partial charge in [0.2, 0.25) is 0 Å². The Morgan fingerprint density at radius 2 is 2.50 bits per heavy atom. The first-order chi connectivity index (χ1) is 5.72. The van der Waals surface area contributed by atoms with Crippen molar-refractivity contribution in [2.24, 2.45) is 11.8 Å². The van der Waals surface area contributed by atoms with E-state index >= 15 is 0 Å². The number of halogens is 1. The van der Waals surface area contributed by atoms with Crippen LogP contribution in [-0.2, 0) is 9.53 Å². The predicted octanol–water partition coefficient (Wildman–Crippen LogP) is 1.39. The zero-order valence-corrected chi connectivity index (χ0v) is 8.32. The molecule has 12 heavy (non-hydrogen) atoms. The molecule has 2 aliphatic heterocycles. The summed E-state index contributed by atoms with van der Waals surface area (Å²) in [6.45, 7) is 0. The summed E-state index contributed by atoms with van der Waals surface area (Å²) >= 11 is 2.14. The van der Waals surface area contributed by atoms with Crippen LogP contribution in [0.4, 0.5) is 0 Å². The molecule has 0 aromatic rings. The van der Waals surface area contributed by atoms with Crippen molar-refractivity contribution < 1.29 is 9.53 Å². The Hall–Kier alpha value is -0.570. The first-order valence-corrected chi connectivity index (χ1v) is 4.77. The molecule has 62 valence electrons. The predicted molar refractivity (Wildman–Crippen MR) is 49.2 cm³/mol. The van der Waals surface area contributed by atoms with Gasteiger partial charge in [0.25, 0.3) is 0 Å². The Morgan fingerprint density at radius 1 is 1.75 bits per heavy atom. The number of hydrogen-bond donors (Lipinski definition) is 0. The van der Waals surface area contributed by atoms with Crippen LogP contribution in [-0.4, -0.2) is 12.1 Å². The fourth-order valence-corrected chi connectivity index (χ4v) is 2.42. The first-order valence-electron chi connectivity index (χ1n) is 3.69. The molecule has 0 aromatic carbocycles. The monoisotopic (exact) mass is 275 g/mol. The summed E-state index contributed by atoms with van der Waals surface area (Å²) in [6.07, 6.45) is 2.22. The third kappa shape index (κ3) is 1.04. The summed E-state index contributed by atoms with van der Waals surface area (Å²) in [5.41, 5.74) is 0. The lowest BCUT2D eigenvalue weighted by atomic mass is 9.83. The largest absolute Gasteiger partial charge is 0.456 e. The Bertz CT molecular complexity index is 305. The molecule has 3 aliphatic rings. The van der Waals surface area contributed by atoms with Crippen LogP contribution in [0.2, 0.25) is 0 Å². The van der Waals surface area contributed by atoms with Gasteiger partial charge in [-0.05, 0) is 35.1 Å². The normalized spacial score (nSPS) is 38.5. The second-order valence-corrected chi connectivity index (χ2v) is 4.22. The second-order valence-electron chi connectivity index (χ2n) is 2.98. The Kier molecular flexibility index (Phi) is 1.83. The van der Waals surface area contributed by atoms with Crippen molar-refractivity contribution in [2.45, 2.75) is 12.5 Å². The molecular formula is C8H6INO2. The van der Waals surface area contributed by atoms with Crippen molar-refractivity contribution in [3.63, 3.8) is 0 Å². The van der Waals surface area contributed by atoms with E-state index in [2.05, 4.69) is 28.7 Å². The number of rotatable bonds is 0. The van der Waals surface area contributed by atoms with Crippen LogP contribution >= 0.6 is 22.6 Å². The number of nitrogens with zero attached hydrogens (tertiary/aromatic N) is 1. The van der Waals surface area contributed by atoms with E-state index in [1.54, 1.807) is 0 Å². The average molecular weight is 275 g/mol. The highest BCUT2D eigenvalue weighted by Crippen LogP contribution is 2.40. The van der Waals surface area contributed by atoms with E-state index in [1.165, 1.54) is 0 Å². The summed E-state index contributed by atoms with van der Waals surface area (Å²) < 4.78 is 6.04. The number of carbonyl (C=O) groups is 1. The molecule has 2 bridgehead atoms. The average Bonchev–Trinajstić information content (AvgIpc) is 2.04. The highest BCUT2D eigenvalue weighted by atomic mass is 127. The molecule has 3 atom stereocenters. The fraction of sp³-hybridized carbons (Fsp3) is 0.500. The third-order valence-corrected chi connectivity index (χ3v) is 3.36. The Labute approximate surface area is 83.5 Å². The lowest BCUT2D eigenvalue weighted by molar-refractivity contribution is -0.159. The number of ether oxygens (including phenoxy) is 1. The van der Waals surface area contributed by atoms with Gasteiger partial charge in [0.15, 0.2) is 0 Å². The van der Waals surface area contributed by atoms with E-state index in [9.17, 15) is 4.79 Å². The van der Waals surface area contributed by atoms with Crippen LogP contribution in [0.5, 0.6) is 0 Å². The number of hydrogen-bond acceptors (Lipinski definition) is 3. The van der Waals surface area contributed by atoms with E-state index in [0.29, 0.717) is 6.42 Å².